The van der Waals surface area contributed by atoms with E-state index in [0.29, 0.717) is 17.2 Å². The number of carbonyl (C=O) groups is 1. The Bertz CT molecular complexity index is 925. The van der Waals surface area contributed by atoms with Gasteiger partial charge in [0.2, 0.25) is 0 Å². The van der Waals surface area contributed by atoms with E-state index in [0.717, 1.165) is 48.8 Å². The normalized spacial score (nSPS) is 16.4. The van der Waals surface area contributed by atoms with Gasteiger partial charge >= 0.3 is 0 Å². The summed E-state index contributed by atoms with van der Waals surface area (Å²) in [4.78, 5) is 38.4. The molecule has 0 radical (unpaired) electrons. The SMILES string of the molecule is COCC1CCN(c2ncnc(C(=O)NCc3c(C)cc(C)[nH]c3=O)c2C)C1. The van der Waals surface area contributed by atoms with Gasteiger partial charge in [0.1, 0.15) is 17.8 Å². The van der Waals surface area contributed by atoms with Crippen LogP contribution in [0.4, 0.5) is 5.82 Å². The van der Waals surface area contributed by atoms with Gasteiger partial charge in [-0.05, 0) is 38.8 Å². The number of ether oxygens (including phenoxy) is 1. The molecular weight excluding hydrogens is 358 g/mol. The average Bonchev–Trinajstić information content (AvgIpc) is 3.09. The number of H-pyrrole nitrogens is 1. The molecule has 1 amide bonds. The Balaban J connectivity index is 1.74. The maximum atomic E-state index is 12.7. The minimum absolute atomic E-state index is 0.151. The predicted octanol–water partition coefficient (Wildman–Crippen LogP) is 1.49. The number of nitrogens with zero attached hydrogens (tertiary/aromatic N) is 3. The van der Waals surface area contributed by atoms with Gasteiger partial charge in [-0.1, -0.05) is 0 Å². The van der Waals surface area contributed by atoms with Crippen LogP contribution in [0.15, 0.2) is 17.2 Å². The summed E-state index contributed by atoms with van der Waals surface area (Å²) < 4.78 is 5.25. The molecule has 28 heavy (non-hydrogen) atoms. The van der Waals surface area contributed by atoms with Crippen LogP contribution in [0.5, 0.6) is 0 Å². The fourth-order valence-corrected chi connectivity index (χ4v) is 3.74. The van der Waals surface area contributed by atoms with Crippen molar-refractivity contribution in [3.8, 4) is 0 Å². The molecule has 0 saturated carbocycles. The van der Waals surface area contributed by atoms with E-state index in [-0.39, 0.29) is 18.0 Å². The number of rotatable bonds is 6. The lowest BCUT2D eigenvalue weighted by molar-refractivity contribution is 0.0945. The first-order chi connectivity index (χ1) is 13.4. The molecule has 3 heterocycles. The summed E-state index contributed by atoms with van der Waals surface area (Å²) in [7, 11) is 1.71. The van der Waals surface area contributed by atoms with E-state index in [4.69, 9.17) is 4.74 Å². The van der Waals surface area contributed by atoms with Crippen LogP contribution in [-0.4, -0.2) is 47.7 Å². The Hall–Kier alpha value is -2.74. The summed E-state index contributed by atoms with van der Waals surface area (Å²) in [5.41, 5.74) is 3.09. The number of hydrogen-bond donors (Lipinski definition) is 2. The predicted molar refractivity (Wildman–Crippen MR) is 107 cm³/mol. The van der Waals surface area contributed by atoms with Crippen molar-refractivity contribution in [2.24, 2.45) is 5.92 Å². The molecule has 1 unspecified atom stereocenters. The molecule has 8 heteroatoms. The molecule has 1 saturated heterocycles. The van der Waals surface area contributed by atoms with Crippen LogP contribution in [0.3, 0.4) is 0 Å². The number of aromatic nitrogens is 3. The van der Waals surface area contributed by atoms with Gasteiger partial charge in [-0.3, -0.25) is 9.59 Å². The number of carbonyl (C=O) groups excluding carboxylic acids is 1. The molecule has 0 aliphatic carbocycles. The molecule has 1 atom stereocenters. The summed E-state index contributed by atoms with van der Waals surface area (Å²) in [5.74, 6) is 0.934. The Morgan fingerprint density at radius 1 is 1.36 bits per heavy atom. The van der Waals surface area contributed by atoms with Gasteiger partial charge in [-0.25, -0.2) is 9.97 Å². The third-order valence-corrected chi connectivity index (χ3v) is 5.18. The summed E-state index contributed by atoms with van der Waals surface area (Å²) >= 11 is 0. The van der Waals surface area contributed by atoms with Crippen molar-refractivity contribution in [2.75, 3.05) is 31.7 Å². The lowest BCUT2D eigenvalue weighted by Gasteiger charge is -2.20. The minimum Gasteiger partial charge on any atom is -0.384 e. The Labute approximate surface area is 164 Å². The molecule has 2 aromatic heterocycles. The highest BCUT2D eigenvalue weighted by atomic mass is 16.5. The number of nitrogens with one attached hydrogen (secondary N) is 2. The van der Waals surface area contributed by atoms with Crippen LogP contribution >= 0.6 is 0 Å². The van der Waals surface area contributed by atoms with Gasteiger partial charge in [-0.15, -0.1) is 0 Å². The quantitative estimate of drug-likeness (QED) is 0.782. The molecule has 0 bridgehead atoms. The Morgan fingerprint density at radius 3 is 2.86 bits per heavy atom. The summed E-state index contributed by atoms with van der Waals surface area (Å²) in [5, 5.41) is 2.82. The van der Waals surface area contributed by atoms with E-state index in [9.17, 15) is 9.59 Å². The highest BCUT2D eigenvalue weighted by molar-refractivity contribution is 5.94. The third-order valence-electron chi connectivity index (χ3n) is 5.18. The van der Waals surface area contributed by atoms with Crippen molar-refractivity contribution in [2.45, 2.75) is 33.7 Å². The summed E-state index contributed by atoms with van der Waals surface area (Å²) in [6.45, 7) is 8.16. The number of methoxy groups -OCH3 is 1. The van der Waals surface area contributed by atoms with Crippen LogP contribution < -0.4 is 15.8 Å². The van der Waals surface area contributed by atoms with Crippen LogP contribution in [0.2, 0.25) is 0 Å². The van der Waals surface area contributed by atoms with Crippen molar-refractivity contribution < 1.29 is 9.53 Å². The monoisotopic (exact) mass is 385 g/mol. The number of pyridine rings is 1. The van der Waals surface area contributed by atoms with Crippen molar-refractivity contribution in [3.05, 3.63) is 50.8 Å². The molecule has 8 nitrogen and oxygen atoms in total. The molecule has 1 aliphatic heterocycles. The number of aromatic amines is 1. The largest absolute Gasteiger partial charge is 0.384 e. The Morgan fingerprint density at radius 2 is 2.14 bits per heavy atom. The maximum Gasteiger partial charge on any atom is 0.270 e. The Kier molecular flexibility index (Phi) is 6.08. The van der Waals surface area contributed by atoms with E-state index in [1.807, 2.05) is 26.8 Å². The molecular formula is C20H27N5O3. The lowest BCUT2D eigenvalue weighted by Crippen LogP contribution is -2.30. The molecule has 2 aromatic rings. The van der Waals surface area contributed by atoms with Gasteiger partial charge in [0.15, 0.2) is 0 Å². The van der Waals surface area contributed by atoms with Crippen molar-refractivity contribution in [1.82, 2.24) is 20.3 Å². The fraction of sp³-hybridized carbons (Fsp3) is 0.500. The fourth-order valence-electron chi connectivity index (χ4n) is 3.74. The van der Waals surface area contributed by atoms with Crippen LogP contribution in [0, 0.1) is 26.7 Å². The van der Waals surface area contributed by atoms with Gasteiger partial charge in [0.25, 0.3) is 11.5 Å². The van der Waals surface area contributed by atoms with Crippen molar-refractivity contribution in [1.29, 1.82) is 0 Å². The number of aryl methyl sites for hydroxylation is 2. The first-order valence-corrected chi connectivity index (χ1v) is 9.43. The minimum atomic E-state index is -0.312. The van der Waals surface area contributed by atoms with E-state index in [2.05, 4.69) is 25.2 Å². The second-order valence-corrected chi connectivity index (χ2v) is 7.35. The molecule has 0 spiro atoms. The zero-order valence-electron chi connectivity index (χ0n) is 16.8. The van der Waals surface area contributed by atoms with Gasteiger partial charge in [-0.2, -0.15) is 0 Å². The number of amides is 1. The molecule has 0 aromatic carbocycles. The van der Waals surface area contributed by atoms with Crippen LogP contribution in [0.1, 0.15) is 39.3 Å². The number of hydrogen-bond acceptors (Lipinski definition) is 6. The highest BCUT2D eigenvalue weighted by Gasteiger charge is 2.26. The average molecular weight is 385 g/mol. The standard InChI is InChI=1S/C20H27N5O3/c1-12-7-13(2)24-19(26)16(12)8-21-20(27)17-14(3)18(23-11-22-17)25-6-5-15(9-25)10-28-4/h7,11,15H,5-6,8-10H2,1-4H3,(H,21,27)(H,24,26). The maximum absolute atomic E-state index is 12.7. The summed E-state index contributed by atoms with van der Waals surface area (Å²) in [6.07, 6.45) is 2.46. The zero-order valence-corrected chi connectivity index (χ0v) is 16.8. The van der Waals surface area contributed by atoms with Crippen LogP contribution in [0.25, 0.3) is 0 Å². The molecule has 2 N–H and O–H groups in total. The first-order valence-electron chi connectivity index (χ1n) is 9.43. The second kappa shape index (κ2) is 8.52. The smallest absolute Gasteiger partial charge is 0.270 e. The van der Waals surface area contributed by atoms with Gasteiger partial charge < -0.3 is 19.9 Å². The van der Waals surface area contributed by atoms with Gasteiger partial charge in [0, 0.05) is 49.5 Å². The van der Waals surface area contributed by atoms with Crippen molar-refractivity contribution >= 4 is 11.7 Å². The molecule has 3 rings (SSSR count). The zero-order chi connectivity index (χ0) is 20.3. The van der Waals surface area contributed by atoms with E-state index in [1.165, 1.54) is 6.33 Å². The lowest BCUT2D eigenvalue weighted by atomic mass is 10.1. The van der Waals surface area contributed by atoms with Crippen molar-refractivity contribution in [3.63, 3.8) is 0 Å². The van der Waals surface area contributed by atoms with Crippen LogP contribution in [-0.2, 0) is 11.3 Å². The molecule has 1 aliphatic rings. The summed E-state index contributed by atoms with van der Waals surface area (Å²) in [6, 6.07) is 1.89. The topological polar surface area (TPSA) is 100 Å². The first kappa shape index (κ1) is 20.0. The third kappa shape index (κ3) is 4.22. The highest BCUT2D eigenvalue weighted by Crippen LogP contribution is 2.26. The second-order valence-electron chi connectivity index (χ2n) is 7.35. The van der Waals surface area contributed by atoms with E-state index < -0.39 is 0 Å². The molecule has 150 valence electrons. The molecule has 1 fully saturated rings. The van der Waals surface area contributed by atoms with E-state index in [1.54, 1.807) is 7.11 Å². The van der Waals surface area contributed by atoms with Gasteiger partial charge in [0.05, 0.1) is 6.61 Å². The number of anilines is 1. The van der Waals surface area contributed by atoms with E-state index >= 15 is 0 Å².